The number of dihydropyridines is 1. The van der Waals surface area contributed by atoms with Crippen LogP contribution in [0.15, 0.2) is 77.1 Å². The number of halogens is 1. The number of carbonyl (C=O) groups is 3. The molecular formula is C27H26FNO5. The molecule has 3 atom stereocenters. The second-order valence-electron chi connectivity index (χ2n) is 8.62. The highest BCUT2D eigenvalue weighted by Crippen LogP contribution is 2.46. The van der Waals surface area contributed by atoms with Gasteiger partial charge in [0.15, 0.2) is 5.78 Å². The summed E-state index contributed by atoms with van der Waals surface area (Å²) in [5.74, 6) is -4.67. The summed E-state index contributed by atoms with van der Waals surface area (Å²) in [4.78, 5) is 39.4. The first kappa shape index (κ1) is 23.4. The fourth-order valence-electron chi connectivity index (χ4n) is 4.77. The van der Waals surface area contributed by atoms with E-state index in [0.29, 0.717) is 17.8 Å². The number of rotatable bonds is 5. The standard InChI is InChI=1S/C27H26FNO5/c1-15-13-20-24(25(30)21(15)26(31)33-3)23(18-11-7-8-12-19(18)28)22(16(2)29-20)27(32)34-14-17-9-5-4-6-10-17/h4-12,15,21,23,29H,13-14H2,1-3H3/t15-,21-,23-/m1/s1. The number of hydrogen-bond donors (Lipinski definition) is 1. The highest BCUT2D eigenvalue weighted by atomic mass is 19.1. The van der Waals surface area contributed by atoms with E-state index >= 15 is 4.39 Å². The van der Waals surface area contributed by atoms with Crippen LogP contribution < -0.4 is 5.32 Å². The van der Waals surface area contributed by atoms with Crippen molar-refractivity contribution in [1.29, 1.82) is 0 Å². The lowest BCUT2D eigenvalue weighted by atomic mass is 9.69. The maximum absolute atomic E-state index is 15.1. The Morgan fingerprint density at radius 2 is 1.76 bits per heavy atom. The molecule has 1 heterocycles. The molecule has 0 saturated heterocycles. The van der Waals surface area contributed by atoms with Crippen LogP contribution in [-0.4, -0.2) is 24.8 Å². The number of esters is 2. The molecule has 2 aromatic carbocycles. The quantitative estimate of drug-likeness (QED) is 0.529. The summed E-state index contributed by atoms with van der Waals surface area (Å²) in [6.07, 6.45) is 0.384. The van der Waals surface area contributed by atoms with Crippen molar-refractivity contribution in [3.8, 4) is 0 Å². The molecule has 2 aliphatic rings. The van der Waals surface area contributed by atoms with Gasteiger partial charge < -0.3 is 14.8 Å². The van der Waals surface area contributed by atoms with Crippen molar-refractivity contribution >= 4 is 17.7 Å². The number of carbonyl (C=O) groups excluding carboxylic acids is 3. The average molecular weight is 464 g/mol. The lowest BCUT2D eigenvalue weighted by Crippen LogP contribution is -2.43. The molecule has 4 rings (SSSR count). The van der Waals surface area contributed by atoms with Crippen LogP contribution in [0.25, 0.3) is 0 Å². The van der Waals surface area contributed by atoms with Gasteiger partial charge in [-0.1, -0.05) is 55.5 Å². The zero-order valence-electron chi connectivity index (χ0n) is 19.3. The molecule has 34 heavy (non-hydrogen) atoms. The molecule has 1 aliphatic carbocycles. The second-order valence-corrected chi connectivity index (χ2v) is 8.62. The van der Waals surface area contributed by atoms with Crippen molar-refractivity contribution in [2.24, 2.45) is 11.8 Å². The van der Waals surface area contributed by atoms with Gasteiger partial charge in [0.2, 0.25) is 0 Å². The van der Waals surface area contributed by atoms with E-state index in [1.165, 1.54) is 13.2 Å². The van der Waals surface area contributed by atoms with E-state index in [2.05, 4.69) is 5.32 Å². The Bertz CT molecular complexity index is 1200. The van der Waals surface area contributed by atoms with Crippen molar-refractivity contribution in [2.75, 3.05) is 7.11 Å². The van der Waals surface area contributed by atoms with Gasteiger partial charge in [0.25, 0.3) is 0 Å². The van der Waals surface area contributed by atoms with Gasteiger partial charge in [0.1, 0.15) is 18.3 Å². The Hall–Kier alpha value is -3.74. The average Bonchev–Trinajstić information content (AvgIpc) is 2.82. The van der Waals surface area contributed by atoms with Gasteiger partial charge in [-0.25, -0.2) is 9.18 Å². The molecule has 6 nitrogen and oxygen atoms in total. The van der Waals surface area contributed by atoms with Crippen LogP contribution in [0.4, 0.5) is 4.39 Å². The molecule has 7 heteroatoms. The molecule has 0 fully saturated rings. The molecule has 0 saturated carbocycles. The van der Waals surface area contributed by atoms with E-state index < -0.39 is 35.4 Å². The third-order valence-electron chi connectivity index (χ3n) is 6.39. The van der Waals surface area contributed by atoms with Crippen LogP contribution in [0.2, 0.25) is 0 Å². The molecule has 0 radical (unpaired) electrons. The maximum atomic E-state index is 15.1. The minimum Gasteiger partial charge on any atom is -0.468 e. The molecule has 176 valence electrons. The molecule has 0 amide bonds. The minimum absolute atomic E-state index is 0.0299. The van der Waals surface area contributed by atoms with Gasteiger partial charge in [-0.3, -0.25) is 9.59 Å². The van der Waals surface area contributed by atoms with Crippen LogP contribution in [0, 0.1) is 17.7 Å². The fourth-order valence-corrected chi connectivity index (χ4v) is 4.77. The van der Waals surface area contributed by atoms with Gasteiger partial charge in [-0.15, -0.1) is 0 Å². The first-order valence-corrected chi connectivity index (χ1v) is 11.1. The lowest BCUT2D eigenvalue weighted by molar-refractivity contribution is -0.151. The first-order valence-electron chi connectivity index (χ1n) is 11.1. The normalized spacial score (nSPS) is 22.1. The van der Waals surface area contributed by atoms with Crippen molar-refractivity contribution in [3.05, 3.63) is 94.1 Å². The minimum atomic E-state index is -1.03. The second kappa shape index (κ2) is 9.63. The summed E-state index contributed by atoms with van der Waals surface area (Å²) < 4.78 is 25.5. The van der Waals surface area contributed by atoms with Crippen LogP contribution in [0.3, 0.4) is 0 Å². The van der Waals surface area contributed by atoms with E-state index in [9.17, 15) is 14.4 Å². The summed E-state index contributed by atoms with van der Waals surface area (Å²) in [6, 6.07) is 15.2. The SMILES string of the molecule is COC(=O)[C@H]1C(=O)C2=C(C[C@H]1C)NC(C)=C(C(=O)OCc1ccccc1)[C@H]2c1ccccc1F. The Labute approximate surface area is 197 Å². The molecule has 0 spiro atoms. The van der Waals surface area contributed by atoms with Crippen LogP contribution in [0.5, 0.6) is 0 Å². The van der Waals surface area contributed by atoms with E-state index in [1.54, 1.807) is 32.0 Å². The summed E-state index contributed by atoms with van der Waals surface area (Å²) in [6.45, 7) is 3.53. The molecule has 0 bridgehead atoms. The predicted molar refractivity (Wildman–Crippen MR) is 123 cm³/mol. The molecule has 1 aliphatic heterocycles. The van der Waals surface area contributed by atoms with E-state index in [0.717, 1.165) is 5.56 Å². The zero-order chi connectivity index (χ0) is 24.4. The van der Waals surface area contributed by atoms with Crippen molar-refractivity contribution in [2.45, 2.75) is 32.8 Å². The van der Waals surface area contributed by atoms with Gasteiger partial charge in [0.05, 0.1) is 18.6 Å². The predicted octanol–water partition coefficient (Wildman–Crippen LogP) is 4.18. The lowest BCUT2D eigenvalue weighted by Gasteiger charge is -2.38. The topological polar surface area (TPSA) is 81.7 Å². The monoisotopic (exact) mass is 463 g/mol. The highest BCUT2D eigenvalue weighted by Gasteiger charge is 2.47. The third kappa shape index (κ3) is 4.25. The Morgan fingerprint density at radius 1 is 1.09 bits per heavy atom. The Kier molecular flexibility index (Phi) is 6.63. The molecule has 0 unspecified atom stereocenters. The zero-order valence-corrected chi connectivity index (χ0v) is 19.3. The van der Waals surface area contributed by atoms with Crippen LogP contribution in [0.1, 0.15) is 37.3 Å². The summed E-state index contributed by atoms with van der Waals surface area (Å²) in [7, 11) is 1.23. The molecule has 2 aromatic rings. The van der Waals surface area contributed by atoms with E-state index in [4.69, 9.17) is 9.47 Å². The Balaban J connectivity index is 1.78. The first-order chi connectivity index (χ1) is 16.3. The van der Waals surface area contributed by atoms with Gasteiger partial charge in [-0.05, 0) is 30.9 Å². The number of ketones is 1. The summed E-state index contributed by atoms with van der Waals surface area (Å²) in [5.41, 5.74) is 2.40. The van der Waals surface area contributed by atoms with Crippen molar-refractivity contribution in [3.63, 3.8) is 0 Å². The number of nitrogens with one attached hydrogen (secondary N) is 1. The maximum Gasteiger partial charge on any atom is 0.337 e. The van der Waals surface area contributed by atoms with Gasteiger partial charge >= 0.3 is 11.9 Å². The van der Waals surface area contributed by atoms with Crippen LogP contribution >= 0.6 is 0 Å². The van der Waals surface area contributed by atoms with E-state index in [1.807, 2.05) is 30.3 Å². The number of ether oxygens (including phenoxy) is 2. The largest absolute Gasteiger partial charge is 0.468 e. The van der Waals surface area contributed by atoms with E-state index in [-0.39, 0.29) is 29.2 Å². The van der Waals surface area contributed by atoms with Gasteiger partial charge in [0, 0.05) is 22.5 Å². The smallest absolute Gasteiger partial charge is 0.337 e. The molecule has 1 N–H and O–H groups in total. The van der Waals surface area contributed by atoms with Gasteiger partial charge in [-0.2, -0.15) is 0 Å². The highest BCUT2D eigenvalue weighted by molar-refractivity contribution is 6.12. The summed E-state index contributed by atoms with van der Waals surface area (Å²) in [5, 5.41) is 3.17. The number of hydrogen-bond acceptors (Lipinski definition) is 6. The van der Waals surface area contributed by atoms with Crippen LogP contribution in [-0.2, 0) is 30.5 Å². The van der Waals surface area contributed by atoms with Crippen molar-refractivity contribution < 1.29 is 28.2 Å². The fraction of sp³-hybridized carbons (Fsp3) is 0.296. The third-order valence-corrected chi connectivity index (χ3v) is 6.39. The number of methoxy groups -OCH3 is 1. The number of Topliss-reactive ketones (excluding diaryl/α,β-unsaturated/α-hetero) is 1. The molecule has 0 aromatic heterocycles. The number of allylic oxidation sites excluding steroid dienone is 3. The number of benzene rings is 2. The molecular weight excluding hydrogens is 437 g/mol. The Morgan fingerprint density at radius 3 is 2.44 bits per heavy atom. The summed E-state index contributed by atoms with van der Waals surface area (Å²) >= 11 is 0. The van der Waals surface area contributed by atoms with Crippen molar-refractivity contribution in [1.82, 2.24) is 5.32 Å².